The van der Waals surface area contributed by atoms with E-state index >= 15 is 0 Å². The van der Waals surface area contributed by atoms with Crippen molar-refractivity contribution in [3.8, 4) is 5.75 Å². The molecule has 2 aromatic rings. The molecule has 1 heterocycles. The van der Waals surface area contributed by atoms with Crippen molar-refractivity contribution < 1.29 is 18.7 Å². The van der Waals surface area contributed by atoms with Crippen molar-refractivity contribution in [2.75, 3.05) is 31.6 Å². The third kappa shape index (κ3) is 4.45. The molecule has 126 valence electrons. The highest BCUT2D eigenvalue weighted by Crippen LogP contribution is 2.17. The van der Waals surface area contributed by atoms with Crippen LogP contribution in [-0.4, -0.2) is 37.3 Å². The highest BCUT2D eigenvalue weighted by molar-refractivity contribution is 5.71. The molecule has 0 spiro atoms. The van der Waals surface area contributed by atoms with Gasteiger partial charge in [0.2, 0.25) is 0 Å². The number of amides is 1. The monoisotopic (exact) mass is 330 g/mol. The minimum Gasteiger partial charge on any atom is -0.410 e. The average molecular weight is 330 g/mol. The van der Waals surface area contributed by atoms with Gasteiger partial charge in [0, 0.05) is 25.3 Å². The molecule has 24 heavy (non-hydrogen) atoms. The van der Waals surface area contributed by atoms with Crippen LogP contribution in [0.4, 0.5) is 14.9 Å². The largest absolute Gasteiger partial charge is 0.415 e. The summed E-state index contributed by atoms with van der Waals surface area (Å²) in [4.78, 5) is 13.6. The summed E-state index contributed by atoms with van der Waals surface area (Å²) >= 11 is 0. The molecule has 0 radical (unpaired) electrons. The van der Waals surface area contributed by atoms with Crippen LogP contribution in [0.5, 0.6) is 5.75 Å². The van der Waals surface area contributed by atoms with Crippen LogP contribution in [0.15, 0.2) is 48.5 Å². The molecule has 1 aliphatic rings. The van der Waals surface area contributed by atoms with Crippen LogP contribution in [0.3, 0.4) is 0 Å². The SMILES string of the molecule is O=C(Oc1ccc(NCc2ccc(F)cc2)cc1)N1CCOCC1. The van der Waals surface area contributed by atoms with E-state index in [0.717, 1.165) is 11.3 Å². The van der Waals surface area contributed by atoms with Crippen LogP contribution in [0.25, 0.3) is 0 Å². The van der Waals surface area contributed by atoms with E-state index in [0.29, 0.717) is 38.6 Å². The second-order valence-corrected chi connectivity index (χ2v) is 5.47. The number of rotatable bonds is 4. The molecule has 5 nitrogen and oxygen atoms in total. The van der Waals surface area contributed by atoms with Crippen molar-refractivity contribution in [1.29, 1.82) is 0 Å². The number of hydrogen-bond acceptors (Lipinski definition) is 4. The van der Waals surface area contributed by atoms with Gasteiger partial charge in [-0.15, -0.1) is 0 Å². The number of halogens is 1. The van der Waals surface area contributed by atoms with E-state index in [-0.39, 0.29) is 11.9 Å². The number of anilines is 1. The minimum atomic E-state index is -0.356. The van der Waals surface area contributed by atoms with Crippen LogP contribution >= 0.6 is 0 Å². The predicted octanol–water partition coefficient (Wildman–Crippen LogP) is 3.27. The summed E-state index contributed by atoms with van der Waals surface area (Å²) in [6.45, 7) is 2.78. The zero-order valence-corrected chi connectivity index (χ0v) is 13.2. The average Bonchev–Trinajstić information content (AvgIpc) is 2.63. The molecule has 0 aromatic heterocycles. The number of morpholine rings is 1. The number of nitrogens with zero attached hydrogens (tertiary/aromatic N) is 1. The first-order valence-corrected chi connectivity index (χ1v) is 7.83. The summed E-state index contributed by atoms with van der Waals surface area (Å²) in [5.74, 6) is 0.254. The summed E-state index contributed by atoms with van der Waals surface area (Å²) < 4.78 is 23.4. The molecule has 1 saturated heterocycles. The van der Waals surface area contributed by atoms with Crippen LogP contribution < -0.4 is 10.1 Å². The molecule has 0 aliphatic carbocycles. The van der Waals surface area contributed by atoms with Gasteiger partial charge < -0.3 is 19.7 Å². The molecule has 0 atom stereocenters. The standard InChI is InChI=1S/C18H19FN2O3/c19-15-3-1-14(2-4-15)13-20-16-5-7-17(8-6-16)24-18(22)21-9-11-23-12-10-21/h1-8,20H,9-13H2. The topological polar surface area (TPSA) is 50.8 Å². The number of ether oxygens (including phenoxy) is 2. The van der Waals surface area contributed by atoms with Gasteiger partial charge >= 0.3 is 6.09 Å². The third-order valence-corrected chi connectivity index (χ3v) is 3.74. The van der Waals surface area contributed by atoms with Crippen LogP contribution in [0.2, 0.25) is 0 Å². The molecular formula is C18H19FN2O3. The molecule has 1 amide bonds. The molecule has 0 bridgehead atoms. The lowest BCUT2D eigenvalue weighted by atomic mass is 10.2. The Balaban J connectivity index is 1.51. The highest BCUT2D eigenvalue weighted by atomic mass is 19.1. The molecule has 0 unspecified atom stereocenters. The van der Waals surface area contributed by atoms with Crippen LogP contribution in [0, 0.1) is 5.82 Å². The quantitative estimate of drug-likeness (QED) is 0.935. The predicted molar refractivity (Wildman–Crippen MR) is 88.6 cm³/mol. The van der Waals surface area contributed by atoms with E-state index in [1.165, 1.54) is 12.1 Å². The van der Waals surface area contributed by atoms with Gasteiger partial charge in [0.1, 0.15) is 11.6 Å². The van der Waals surface area contributed by atoms with Crippen molar-refractivity contribution in [1.82, 2.24) is 4.90 Å². The summed E-state index contributed by atoms with van der Waals surface area (Å²) in [5.41, 5.74) is 1.88. The van der Waals surface area contributed by atoms with Crippen LogP contribution in [0.1, 0.15) is 5.56 Å². The zero-order valence-electron chi connectivity index (χ0n) is 13.2. The van der Waals surface area contributed by atoms with Gasteiger partial charge in [-0.3, -0.25) is 0 Å². The first-order chi connectivity index (χ1) is 11.7. The Morgan fingerprint density at radius 2 is 1.75 bits per heavy atom. The number of carbonyl (C=O) groups is 1. The van der Waals surface area contributed by atoms with Gasteiger partial charge in [-0.05, 0) is 42.0 Å². The van der Waals surface area contributed by atoms with Gasteiger partial charge in [0.25, 0.3) is 0 Å². The van der Waals surface area contributed by atoms with Gasteiger partial charge in [-0.1, -0.05) is 12.1 Å². The summed E-state index contributed by atoms with van der Waals surface area (Å²) in [6.07, 6.45) is -0.356. The number of nitrogens with one attached hydrogen (secondary N) is 1. The Bertz CT molecular complexity index is 668. The molecular weight excluding hydrogens is 311 g/mol. The van der Waals surface area contributed by atoms with E-state index in [1.807, 2.05) is 12.1 Å². The van der Waals surface area contributed by atoms with Gasteiger partial charge in [-0.2, -0.15) is 0 Å². The van der Waals surface area contributed by atoms with Crippen LogP contribution in [-0.2, 0) is 11.3 Å². The molecule has 1 aliphatic heterocycles. The molecule has 1 N–H and O–H groups in total. The minimum absolute atomic E-state index is 0.245. The maximum atomic E-state index is 12.9. The van der Waals surface area contributed by atoms with Gasteiger partial charge in [0.15, 0.2) is 0 Å². The summed E-state index contributed by atoms with van der Waals surface area (Å²) in [6, 6.07) is 13.5. The second kappa shape index (κ2) is 7.79. The van der Waals surface area contributed by atoms with E-state index < -0.39 is 0 Å². The van der Waals surface area contributed by atoms with E-state index in [9.17, 15) is 9.18 Å². The molecule has 6 heteroatoms. The Morgan fingerprint density at radius 3 is 2.42 bits per heavy atom. The molecule has 0 saturated carbocycles. The van der Waals surface area contributed by atoms with Crippen molar-refractivity contribution in [2.45, 2.75) is 6.54 Å². The number of hydrogen-bond donors (Lipinski definition) is 1. The smallest absolute Gasteiger partial charge is 0.410 e. The van der Waals surface area contributed by atoms with E-state index in [2.05, 4.69) is 5.32 Å². The fraction of sp³-hybridized carbons (Fsp3) is 0.278. The van der Waals surface area contributed by atoms with Crippen molar-refractivity contribution in [3.63, 3.8) is 0 Å². The lowest BCUT2D eigenvalue weighted by Crippen LogP contribution is -2.42. The normalized spacial score (nSPS) is 14.3. The first-order valence-electron chi connectivity index (χ1n) is 7.83. The number of benzene rings is 2. The summed E-state index contributed by atoms with van der Waals surface area (Å²) in [5, 5.41) is 3.23. The zero-order chi connectivity index (χ0) is 16.8. The molecule has 3 rings (SSSR count). The fourth-order valence-corrected chi connectivity index (χ4v) is 2.36. The van der Waals surface area contributed by atoms with Crippen molar-refractivity contribution in [3.05, 3.63) is 59.9 Å². The van der Waals surface area contributed by atoms with E-state index in [4.69, 9.17) is 9.47 Å². The highest BCUT2D eigenvalue weighted by Gasteiger charge is 2.18. The number of carbonyl (C=O) groups excluding carboxylic acids is 1. The Labute approximate surface area is 140 Å². The Hall–Kier alpha value is -2.60. The maximum absolute atomic E-state index is 12.9. The van der Waals surface area contributed by atoms with Gasteiger partial charge in [0.05, 0.1) is 13.2 Å². The second-order valence-electron chi connectivity index (χ2n) is 5.47. The lowest BCUT2D eigenvalue weighted by molar-refractivity contribution is 0.0416. The van der Waals surface area contributed by atoms with Crippen molar-refractivity contribution in [2.24, 2.45) is 0 Å². The Kier molecular flexibility index (Phi) is 5.28. The Morgan fingerprint density at radius 1 is 1.08 bits per heavy atom. The summed E-state index contributed by atoms with van der Waals surface area (Å²) in [7, 11) is 0. The first kappa shape index (κ1) is 16.3. The molecule has 1 fully saturated rings. The van der Waals surface area contributed by atoms with E-state index in [1.54, 1.807) is 29.2 Å². The third-order valence-electron chi connectivity index (χ3n) is 3.74. The fourth-order valence-electron chi connectivity index (χ4n) is 2.36. The molecule has 2 aromatic carbocycles. The lowest BCUT2D eigenvalue weighted by Gasteiger charge is -2.25. The van der Waals surface area contributed by atoms with Crippen molar-refractivity contribution >= 4 is 11.8 Å². The maximum Gasteiger partial charge on any atom is 0.415 e. The van der Waals surface area contributed by atoms with Gasteiger partial charge in [-0.25, -0.2) is 9.18 Å².